The summed E-state index contributed by atoms with van der Waals surface area (Å²) in [6.45, 7) is 6.17. The molecular weight excluding hydrogens is 1080 g/mol. The number of pyridine rings is 2. The number of hydrogen-bond donors (Lipinski definition) is 6. The number of esters is 2. The number of rotatable bonds is 6. The van der Waals surface area contributed by atoms with E-state index in [1.807, 2.05) is 0 Å². The highest BCUT2D eigenvalue weighted by Gasteiger charge is 2.65. The Morgan fingerprint density at radius 1 is 0.662 bits per heavy atom. The number of thioether (sulfide) groups is 2. The number of nitrogens with zero attached hydrogens (tertiary/aromatic N) is 6. The van der Waals surface area contributed by atoms with Crippen molar-refractivity contribution in [3.8, 4) is 11.5 Å². The van der Waals surface area contributed by atoms with Crippen molar-refractivity contribution < 1.29 is 67.6 Å². The van der Waals surface area contributed by atoms with Gasteiger partial charge in [-0.1, -0.05) is 57.2 Å². The molecule has 2 spiro atoms. The minimum atomic E-state index is -1.74. The maximum atomic E-state index is 15.5. The molecule has 6 N–H and O–H groups in total. The van der Waals surface area contributed by atoms with Gasteiger partial charge in [0.15, 0.2) is 11.4 Å². The van der Waals surface area contributed by atoms with Gasteiger partial charge in [0.2, 0.25) is 35.4 Å². The Kier molecular flexibility index (Phi) is 16.9. The number of carbonyl (C=O) groups is 10. The van der Waals surface area contributed by atoms with Gasteiger partial charge in [-0.05, 0) is 68.5 Å². The molecular formula is C54H64N10O14S2. The highest BCUT2D eigenvalue weighted by Crippen LogP contribution is 2.51. The number of aromatic nitrogens is 2. The summed E-state index contributed by atoms with van der Waals surface area (Å²) in [6, 6.07) is 6.62. The van der Waals surface area contributed by atoms with Gasteiger partial charge in [0.25, 0.3) is 11.8 Å². The summed E-state index contributed by atoms with van der Waals surface area (Å²) >= 11 is 2.28. The molecule has 426 valence electrons. The number of benzene rings is 2. The fourth-order valence-electron chi connectivity index (χ4n) is 10.4. The van der Waals surface area contributed by atoms with Crippen molar-refractivity contribution in [1.82, 2.24) is 50.8 Å². The monoisotopic (exact) mass is 1140 g/mol. The summed E-state index contributed by atoms with van der Waals surface area (Å²) in [5.74, 6) is -11.3. The number of fused-ring (bicyclic) bond motifs is 6. The Labute approximate surface area is 468 Å². The highest BCUT2D eigenvalue weighted by molar-refractivity contribution is 8.17. The van der Waals surface area contributed by atoms with Gasteiger partial charge in [0, 0.05) is 44.7 Å². The molecule has 4 aliphatic rings. The van der Waals surface area contributed by atoms with Crippen molar-refractivity contribution in [2.24, 2.45) is 11.8 Å². The lowest BCUT2D eigenvalue weighted by Gasteiger charge is -2.40. The number of carbonyl (C=O) groups excluding carboxylic acids is 10. The van der Waals surface area contributed by atoms with Crippen LogP contribution < -0.4 is 21.3 Å². The molecule has 0 unspecified atom stereocenters. The average Bonchev–Trinajstić information content (AvgIpc) is 4.51. The van der Waals surface area contributed by atoms with Crippen LogP contribution in [0.2, 0.25) is 0 Å². The standard InChI is InChI=1S/C54H64N10O14S2/c1-10-79-50-41-49(74)64(9)54(22-27(54)3)52(76)78-24-34(59-44(69)39-37(65)19-30-15-11-13-17-32(30)57-39)42(67)55-28(4)46(71)61(6)36(25-80-50)48(73)63(8)53(21-26(53)2)51(75)77-23-35(43(68)56-29(5)47(72)62(41)7)60-45(70)40-38(66)20-31-16-12-14-18-33(31)58-40/h11-20,26-29,34-36,41,50,65-66H,10,21-25H2,1-9H3,(H,55,67)(H,56,68)(H,59,69)(H,60,70)/t26-,27+,28-,29+,34+,35-,36+,41+,50-,53-,54-/m0/s1. The first-order valence-corrected chi connectivity index (χ1v) is 28.0. The van der Waals surface area contributed by atoms with Gasteiger partial charge >= 0.3 is 11.9 Å². The number of likely N-dealkylation sites (N-methyl/N-ethyl adjacent to an activating group) is 4. The molecule has 4 aromatic rings. The Hall–Kier alpha value is -7.74. The van der Waals surface area contributed by atoms with E-state index < -0.39 is 159 Å². The molecule has 4 fully saturated rings. The van der Waals surface area contributed by atoms with Crippen molar-refractivity contribution >= 4 is 105 Å². The smallest absolute Gasteiger partial charge is 0.332 e. The Balaban J connectivity index is 1.19. The molecule has 2 aliphatic heterocycles. The molecule has 8 amide bonds. The van der Waals surface area contributed by atoms with Crippen molar-refractivity contribution in [3.05, 3.63) is 72.1 Å². The predicted octanol–water partition coefficient (Wildman–Crippen LogP) is 1.15. The number of hydrogen-bond acceptors (Lipinski definition) is 18. The molecule has 26 heteroatoms. The largest absolute Gasteiger partial charge is 0.505 e. The maximum Gasteiger partial charge on any atom is 0.332 e. The third-order valence-corrected chi connectivity index (χ3v) is 18.4. The fourth-order valence-corrected chi connectivity index (χ4v) is 13.4. The summed E-state index contributed by atoms with van der Waals surface area (Å²) < 4.78 is 10.7. The Morgan fingerprint density at radius 2 is 1.07 bits per heavy atom. The van der Waals surface area contributed by atoms with E-state index in [0.29, 0.717) is 27.6 Å². The quantitative estimate of drug-likeness (QED) is 0.148. The van der Waals surface area contributed by atoms with Gasteiger partial charge in [0.1, 0.15) is 72.0 Å². The van der Waals surface area contributed by atoms with Gasteiger partial charge in [-0.3, -0.25) is 38.4 Å². The lowest BCUT2D eigenvalue weighted by atomic mass is 10.1. The molecule has 2 saturated carbocycles. The van der Waals surface area contributed by atoms with E-state index >= 15 is 9.59 Å². The summed E-state index contributed by atoms with van der Waals surface area (Å²) in [4.78, 5) is 159. The zero-order valence-electron chi connectivity index (χ0n) is 45.5. The first kappa shape index (κ1) is 58.4. The second-order valence-electron chi connectivity index (χ2n) is 20.7. The first-order valence-electron chi connectivity index (χ1n) is 25.9. The van der Waals surface area contributed by atoms with Crippen LogP contribution in [0.15, 0.2) is 60.7 Å². The Bertz CT molecular complexity index is 3210. The maximum absolute atomic E-state index is 15.5. The second kappa shape index (κ2) is 23.2. The van der Waals surface area contributed by atoms with Crippen LogP contribution in [-0.4, -0.2) is 204 Å². The fraction of sp³-hybridized carbons (Fsp3) is 0.481. The van der Waals surface area contributed by atoms with E-state index in [1.54, 1.807) is 69.3 Å². The van der Waals surface area contributed by atoms with Crippen molar-refractivity contribution in [3.63, 3.8) is 0 Å². The molecule has 80 heavy (non-hydrogen) atoms. The van der Waals surface area contributed by atoms with Crippen LogP contribution in [0.5, 0.6) is 11.5 Å². The van der Waals surface area contributed by atoms with E-state index in [-0.39, 0.29) is 18.6 Å². The number of aromatic hydroxyl groups is 2. The SMILES string of the molecule is CCS[C@H]1SC[C@@H]2C(=O)N(C)[C@]3(C[C@@H]3C)C(=O)OC[C@H](NC(=O)c3nc4ccccc4cc3O)C(=O)N[C@H](C)C(=O)N(C)[C@@H]1C(=O)N(C)[C@]1(C[C@H]1C)C(=O)OC[C@@H](NC(=O)c1nc3ccccc3cc1O)C(=O)N[C@@H](C)C(=O)N2C. The van der Waals surface area contributed by atoms with Crippen molar-refractivity contribution in [2.45, 2.75) is 99.4 Å². The first-order chi connectivity index (χ1) is 37.9. The van der Waals surface area contributed by atoms with E-state index in [4.69, 9.17) is 9.47 Å². The molecule has 0 radical (unpaired) electrons. The average molecular weight is 1140 g/mol. The Morgan fingerprint density at radius 3 is 1.50 bits per heavy atom. The third-order valence-electron chi connectivity index (χ3n) is 15.5. The third kappa shape index (κ3) is 11.1. The van der Waals surface area contributed by atoms with E-state index in [0.717, 1.165) is 26.5 Å². The molecule has 2 aromatic carbocycles. The second-order valence-corrected chi connectivity index (χ2v) is 23.6. The van der Waals surface area contributed by atoms with E-state index in [2.05, 4.69) is 31.2 Å². The molecule has 24 nitrogen and oxygen atoms in total. The summed E-state index contributed by atoms with van der Waals surface area (Å²) in [5.41, 5.74) is -3.59. The number of amides is 8. The van der Waals surface area contributed by atoms with E-state index in [9.17, 15) is 48.6 Å². The van der Waals surface area contributed by atoms with Gasteiger partial charge in [-0.15, -0.1) is 23.5 Å². The highest BCUT2D eigenvalue weighted by atomic mass is 32.2. The molecule has 2 aromatic heterocycles. The minimum Gasteiger partial charge on any atom is -0.505 e. The molecule has 2 bridgehead atoms. The summed E-state index contributed by atoms with van der Waals surface area (Å²) in [6.07, 6.45) is 0.145. The van der Waals surface area contributed by atoms with Crippen LogP contribution in [0.3, 0.4) is 0 Å². The van der Waals surface area contributed by atoms with Crippen LogP contribution in [0.25, 0.3) is 21.8 Å². The number of para-hydroxylation sites is 2. The van der Waals surface area contributed by atoms with Crippen molar-refractivity contribution in [2.75, 3.05) is 52.9 Å². The van der Waals surface area contributed by atoms with Crippen LogP contribution in [0.1, 0.15) is 68.4 Å². The van der Waals surface area contributed by atoms with Gasteiger partial charge in [0.05, 0.1) is 15.6 Å². The minimum absolute atomic E-state index is 0.0710. The van der Waals surface area contributed by atoms with Crippen molar-refractivity contribution in [1.29, 1.82) is 0 Å². The number of nitrogens with one attached hydrogen (secondary N) is 4. The molecule has 2 saturated heterocycles. The zero-order valence-corrected chi connectivity index (χ0v) is 47.1. The number of cyclic esters (lactones) is 2. The van der Waals surface area contributed by atoms with Gasteiger partial charge < -0.3 is 60.6 Å². The van der Waals surface area contributed by atoms with Crippen LogP contribution in [0.4, 0.5) is 0 Å². The number of ether oxygens (including phenoxy) is 2. The van der Waals surface area contributed by atoms with Gasteiger partial charge in [-0.2, -0.15) is 0 Å². The molecule has 11 atom stereocenters. The predicted molar refractivity (Wildman–Crippen MR) is 293 cm³/mol. The zero-order chi connectivity index (χ0) is 58.3. The van der Waals surface area contributed by atoms with E-state index in [1.165, 1.54) is 70.8 Å². The normalized spacial score (nSPS) is 29.5. The van der Waals surface area contributed by atoms with Crippen LogP contribution in [0, 0.1) is 11.8 Å². The molecule has 2 aliphatic carbocycles. The van der Waals surface area contributed by atoms with Crippen LogP contribution in [-0.2, 0) is 47.8 Å². The lowest BCUT2D eigenvalue weighted by Crippen LogP contribution is -2.61. The summed E-state index contributed by atoms with van der Waals surface area (Å²) in [7, 11) is 5.37. The van der Waals surface area contributed by atoms with Gasteiger partial charge in [-0.25, -0.2) is 19.6 Å². The summed E-state index contributed by atoms with van der Waals surface area (Å²) in [5, 5.41) is 32.9. The topological polar surface area (TPSA) is 316 Å². The molecule has 8 rings (SSSR count). The van der Waals surface area contributed by atoms with Crippen LogP contribution >= 0.6 is 23.5 Å². The lowest BCUT2D eigenvalue weighted by molar-refractivity contribution is -0.161. The molecule has 4 heterocycles.